The highest BCUT2D eigenvalue weighted by Gasteiger charge is 2.02. The molecule has 2 rings (SSSR count). The Morgan fingerprint density at radius 2 is 2.06 bits per heavy atom. The molecule has 1 aromatic rings. The van der Waals surface area contributed by atoms with Crippen molar-refractivity contribution in [3.05, 3.63) is 35.4 Å². The Kier molecular flexibility index (Phi) is 5.59. The lowest BCUT2D eigenvalue weighted by Gasteiger charge is -2.15. The number of hydrogen-bond donors (Lipinski definition) is 2. The van der Waals surface area contributed by atoms with E-state index in [2.05, 4.69) is 46.8 Å². The second kappa shape index (κ2) is 6.73. The van der Waals surface area contributed by atoms with Crippen molar-refractivity contribution in [2.45, 2.75) is 19.9 Å². The van der Waals surface area contributed by atoms with Gasteiger partial charge in [-0.15, -0.1) is 24.0 Å². The molecule has 1 aromatic carbocycles. The predicted octanol–water partition coefficient (Wildman–Crippen LogP) is 2.05. The molecule has 3 nitrogen and oxygen atoms in total. The summed E-state index contributed by atoms with van der Waals surface area (Å²) in [5.41, 5.74) is 2.59. The summed E-state index contributed by atoms with van der Waals surface area (Å²) in [5.74, 6) is 0.932. The summed E-state index contributed by atoms with van der Waals surface area (Å²) >= 11 is 0. The second-order valence-electron chi connectivity index (χ2n) is 3.85. The van der Waals surface area contributed by atoms with Crippen molar-refractivity contribution in [3.8, 4) is 0 Å². The molecule has 0 bridgehead atoms. The minimum atomic E-state index is 0. The molecule has 16 heavy (non-hydrogen) atoms. The Morgan fingerprint density at radius 1 is 1.31 bits per heavy atom. The van der Waals surface area contributed by atoms with Crippen LogP contribution in [0.3, 0.4) is 0 Å². The van der Waals surface area contributed by atoms with E-state index in [0.29, 0.717) is 0 Å². The Hall–Kier alpha value is -0.780. The SMILES string of the molecule is Cc1ccc(CNC2=NCCCN2)cc1.I. The standard InChI is InChI=1S/C12H17N3.HI/c1-10-3-5-11(6-4-10)9-15-12-13-7-2-8-14-12;/h3-6H,2,7-9H2,1H3,(H2,13,14,15);1H. The molecule has 0 atom stereocenters. The van der Waals surface area contributed by atoms with E-state index in [0.717, 1.165) is 32.0 Å². The molecule has 0 fully saturated rings. The van der Waals surface area contributed by atoms with Crippen LogP contribution in [0.4, 0.5) is 0 Å². The molecule has 1 aliphatic heterocycles. The number of nitrogens with zero attached hydrogens (tertiary/aromatic N) is 1. The van der Waals surface area contributed by atoms with Gasteiger partial charge in [-0.05, 0) is 18.9 Å². The Morgan fingerprint density at radius 3 is 2.69 bits per heavy atom. The summed E-state index contributed by atoms with van der Waals surface area (Å²) in [6.07, 6.45) is 1.13. The largest absolute Gasteiger partial charge is 0.356 e. The van der Waals surface area contributed by atoms with E-state index in [1.807, 2.05) is 0 Å². The topological polar surface area (TPSA) is 36.4 Å². The monoisotopic (exact) mass is 331 g/mol. The van der Waals surface area contributed by atoms with E-state index in [-0.39, 0.29) is 24.0 Å². The minimum Gasteiger partial charge on any atom is -0.356 e. The number of rotatable bonds is 2. The van der Waals surface area contributed by atoms with Crippen LogP contribution in [-0.2, 0) is 6.54 Å². The van der Waals surface area contributed by atoms with Crippen molar-refractivity contribution >= 4 is 29.9 Å². The maximum Gasteiger partial charge on any atom is 0.191 e. The molecule has 0 aliphatic carbocycles. The summed E-state index contributed by atoms with van der Waals surface area (Å²) in [5, 5.41) is 6.54. The Bertz CT molecular complexity index is 346. The average Bonchev–Trinajstić information content (AvgIpc) is 2.30. The third-order valence-electron chi connectivity index (χ3n) is 2.48. The number of nitrogens with one attached hydrogen (secondary N) is 2. The van der Waals surface area contributed by atoms with Gasteiger partial charge in [0.2, 0.25) is 0 Å². The van der Waals surface area contributed by atoms with Gasteiger partial charge in [0.1, 0.15) is 0 Å². The molecule has 2 N–H and O–H groups in total. The van der Waals surface area contributed by atoms with Crippen LogP contribution in [0.1, 0.15) is 17.5 Å². The van der Waals surface area contributed by atoms with Crippen LogP contribution in [-0.4, -0.2) is 19.0 Å². The fourth-order valence-electron chi connectivity index (χ4n) is 1.54. The van der Waals surface area contributed by atoms with Crippen LogP contribution in [0.25, 0.3) is 0 Å². The maximum atomic E-state index is 4.36. The van der Waals surface area contributed by atoms with Gasteiger partial charge in [-0.3, -0.25) is 4.99 Å². The molecule has 0 radical (unpaired) electrons. The first-order chi connectivity index (χ1) is 7.34. The van der Waals surface area contributed by atoms with Crippen LogP contribution in [0.2, 0.25) is 0 Å². The molecule has 1 heterocycles. The lowest BCUT2D eigenvalue weighted by Crippen LogP contribution is -2.40. The van der Waals surface area contributed by atoms with Crippen LogP contribution in [0.5, 0.6) is 0 Å². The summed E-state index contributed by atoms with van der Waals surface area (Å²) < 4.78 is 0. The van der Waals surface area contributed by atoms with Gasteiger partial charge in [0.05, 0.1) is 0 Å². The van der Waals surface area contributed by atoms with Gasteiger partial charge in [0, 0.05) is 19.6 Å². The lowest BCUT2D eigenvalue weighted by molar-refractivity contribution is 0.702. The Labute approximate surface area is 114 Å². The van der Waals surface area contributed by atoms with Gasteiger partial charge in [0.15, 0.2) is 5.96 Å². The highest BCUT2D eigenvalue weighted by atomic mass is 127. The molecule has 1 aliphatic rings. The van der Waals surface area contributed by atoms with Crippen molar-refractivity contribution in [2.75, 3.05) is 13.1 Å². The van der Waals surface area contributed by atoms with Crippen molar-refractivity contribution < 1.29 is 0 Å². The average molecular weight is 331 g/mol. The molecule has 0 spiro atoms. The van der Waals surface area contributed by atoms with E-state index < -0.39 is 0 Å². The van der Waals surface area contributed by atoms with Crippen LogP contribution < -0.4 is 10.6 Å². The van der Waals surface area contributed by atoms with Crippen LogP contribution in [0, 0.1) is 6.92 Å². The smallest absolute Gasteiger partial charge is 0.191 e. The fraction of sp³-hybridized carbons (Fsp3) is 0.417. The number of halogens is 1. The van der Waals surface area contributed by atoms with Crippen LogP contribution in [0.15, 0.2) is 29.3 Å². The molecule has 88 valence electrons. The van der Waals surface area contributed by atoms with Crippen molar-refractivity contribution in [3.63, 3.8) is 0 Å². The number of aliphatic imine (C=N–C) groups is 1. The normalized spacial score (nSPS) is 14.4. The Balaban J connectivity index is 0.00000128. The number of hydrogen-bond acceptors (Lipinski definition) is 3. The zero-order valence-corrected chi connectivity index (χ0v) is 11.8. The molecule has 0 unspecified atom stereocenters. The maximum absolute atomic E-state index is 4.36. The van der Waals surface area contributed by atoms with Crippen LogP contribution >= 0.6 is 24.0 Å². The predicted molar refractivity (Wildman–Crippen MR) is 78.4 cm³/mol. The van der Waals surface area contributed by atoms with Gasteiger partial charge in [-0.25, -0.2) is 0 Å². The number of guanidine groups is 1. The highest BCUT2D eigenvalue weighted by Crippen LogP contribution is 2.02. The molecule has 0 aromatic heterocycles. The number of aryl methyl sites for hydroxylation is 1. The van der Waals surface area contributed by atoms with Gasteiger partial charge in [0.25, 0.3) is 0 Å². The van der Waals surface area contributed by atoms with Gasteiger partial charge in [-0.1, -0.05) is 29.8 Å². The first kappa shape index (κ1) is 13.3. The molecule has 4 heteroatoms. The molecule has 0 saturated carbocycles. The molecule has 0 amide bonds. The highest BCUT2D eigenvalue weighted by molar-refractivity contribution is 14.0. The van der Waals surface area contributed by atoms with Gasteiger partial charge in [-0.2, -0.15) is 0 Å². The minimum absolute atomic E-state index is 0. The summed E-state index contributed by atoms with van der Waals surface area (Å²) in [6.45, 7) is 4.90. The van der Waals surface area contributed by atoms with Gasteiger partial charge < -0.3 is 10.6 Å². The first-order valence-electron chi connectivity index (χ1n) is 5.42. The van der Waals surface area contributed by atoms with Crippen molar-refractivity contribution in [1.29, 1.82) is 0 Å². The van der Waals surface area contributed by atoms with Crippen molar-refractivity contribution in [1.82, 2.24) is 10.6 Å². The first-order valence-corrected chi connectivity index (χ1v) is 5.42. The summed E-state index contributed by atoms with van der Waals surface area (Å²) in [6, 6.07) is 8.55. The third kappa shape index (κ3) is 4.00. The van der Waals surface area contributed by atoms with E-state index in [1.54, 1.807) is 0 Å². The molecule has 0 saturated heterocycles. The van der Waals surface area contributed by atoms with E-state index in [9.17, 15) is 0 Å². The van der Waals surface area contributed by atoms with Crippen molar-refractivity contribution in [2.24, 2.45) is 4.99 Å². The molecular formula is C12H18IN3. The number of benzene rings is 1. The second-order valence-corrected chi connectivity index (χ2v) is 3.85. The quantitative estimate of drug-likeness (QED) is 0.814. The van der Waals surface area contributed by atoms with Gasteiger partial charge >= 0.3 is 0 Å². The third-order valence-corrected chi connectivity index (χ3v) is 2.48. The summed E-state index contributed by atoms with van der Waals surface area (Å²) in [4.78, 5) is 4.36. The lowest BCUT2D eigenvalue weighted by atomic mass is 10.1. The van der Waals surface area contributed by atoms with E-state index in [4.69, 9.17) is 0 Å². The molecular weight excluding hydrogens is 313 g/mol. The van der Waals surface area contributed by atoms with E-state index in [1.165, 1.54) is 11.1 Å². The van der Waals surface area contributed by atoms with E-state index >= 15 is 0 Å². The zero-order chi connectivity index (χ0) is 10.5. The fourth-order valence-corrected chi connectivity index (χ4v) is 1.54. The summed E-state index contributed by atoms with van der Waals surface area (Å²) in [7, 11) is 0. The zero-order valence-electron chi connectivity index (χ0n) is 9.49.